The molecule has 35 heavy (non-hydrogen) atoms. The maximum atomic E-state index is 13.2. The Hall–Kier alpha value is -3.40. The Morgan fingerprint density at radius 3 is 1.71 bits per heavy atom. The summed E-state index contributed by atoms with van der Waals surface area (Å²) in [7, 11) is 0. The monoisotopic (exact) mass is 472 g/mol. The smallest absolute Gasteiger partial charge is 0.344 e. The van der Waals surface area contributed by atoms with E-state index in [1.54, 1.807) is 0 Å². The van der Waals surface area contributed by atoms with Crippen LogP contribution in [-0.2, 0) is 10.2 Å². The molecule has 4 nitrogen and oxygen atoms in total. The number of unbranched alkanes of at least 4 members (excludes halogenated alkanes) is 1. The van der Waals surface area contributed by atoms with Crippen LogP contribution in [0.25, 0.3) is 0 Å². The van der Waals surface area contributed by atoms with Gasteiger partial charge in [0.1, 0.15) is 5.75 Å². The first kappa shape index (κ1) is 26.2. The molecular formula is C31H36O4. The zero-order valence-electron chi connectivity index (χ0n) is 22.0. The number of benzene rings is 3. The zero-order chi connectivity index (χ0) is 25.8. The van der Waals surface area contributed by atoms with E-state index in [4.69, 9.17) is 9.47 Å². The van der Waals surface area contributed by atoms with Gasteiger partial charge in [-0.3, -0.25) is 0 Å². The molecule has 0 aliphatic rings. The van der Waals surface area contributed by atoms with Crippen LogP contribution in [0.3, 0.4) is 0 Å². The van der Waals surface area contributed by atoms with Crippen LogP contribution in [0, 0.1) is 27.7 Å². The summed E-state index contributed by atoms with van der Waals surface area (Å²) >= 11 is 0. The number of hydrogen-bond acceptors (Lipinski definition) is 4. The van der Waals surface area contributed by atoms with Crippen LogP contribution in [0.1, 0.15) is 87.7 Å². The van der Waals surface area contributed by atoms with Crippen LogP contribution in [0.5, 0.6) is 5.75 Å². The molecule has 0 saturated carbocycles. The minimum atomic E-state index is -0.424. The quantitative estimate of drug-likeness (QED) is 0.194. The summed E-state index contributed by atoms with van der Waals surface area (Å²) in [5, 5.41) is 0. The molecule has 0 aromatic heterocycles. The first-order chi connectivity index (χ1) is 16.6. The van der Waals surface area contributed by atoms with Gasteiger partial charge in [0.15, 0.2) is 0 Å². The Balaban J connectivity index is 1.84. The molecule has 3 aromatic carbocycles. The molecule has 0 saturated heterocycles. The molecule has 0 unspecified atom stereocenters. The van der Waals surface area contributed by atoms with E-state index in [0.29, 0.717) is 23.5 Å². The SMILES string of the molecule is CCCCOC(=O)c1c(C)c(C)c(C(=O)Oc2ccc(C(C)(C)c3ccccc3)cc2)c(C)c1C. The van der Waals surface area contributed by atoms with E-state index < -0.39 is 5.97 Å². The number of carbonyl (C=O) groups is 2. The molecule has 0 fully saturated rings. The fourth-order valence-corrected chi connectivity index (χ4v) is 4.43. The van der Waals surface area contributed by atoms with E-state index in [0.717, 1.165) is 40.7 Å². The molecule has 3 rings (SSSR count). The maximum Gasteiger partial charge on any atom is 0.344 e. The molecule has 3 aromatic rings. The van der Waals surface area contributed by atoms with E-state index in [9.17, 15) is 9.59 Å². The van der Waals surface area contributed by atoms with Crippen molar-refractivity contribution in [1.29, 1.82) is 0 Å². The Kier molecular flexibility index (Phi) is 8.16. The summed E-state index contributed by atoms with van der Waals surface area (Å²) in [5.41, 5.74) is 6.20. The molecular weight excluding hydrogens is 436 g/mol. The Morgan fingerprint density at radius 1 is 0.714 bits per heavy atom. The molecule has 0 amide bonds. The van der Waals surface area contributed by atoms with Gasteiger partial charge in [-0.1, -0.05) is 69.7 Å². The van der Waals surface area contributed by atoms with Crippen LogP contribution in [0.4, 0.5) is 0 Å². The number of esters is 2. The lowest BCUT2D eigenvalue weighted by molar-refractivity contribution is 0.0496. The van der Waals surface area contributed by atoms with Gasteiger partial charge < -0.3 is 9.47 Å². The van der Waals surface area contributed by atoms with Gasteiger partial charge in [-0.2, -0.15) is 0 Å². The van der Waals surface area contributed by atoms with E-state index in [2.05, 4.69) is 32.9 Å². The third-order valence-corrected chi connectivity index (χ3v) is 7.05. The van der Waals surface area contributed by atoms with Crippen molar-refractivity contribution >= 4 is 11.9 Å². The molecule has 0 radical (unpaired) electrons. The molecule has 4 heteroatoms. The molecule has 0 bridgehead atoms. The second-order valence-electron chi connectivity index (χ2n) is 9.64. The molecule has 0 spiro atoms. The van der Waals surface area contributed by atoms with Gasteiger partial charge in [0, 0.05) is 5.41 Å². The van der Waals surface area contributed by atoms with E-state index >= 15 is 0 Å². The highest BCUT2D eigenvalue weighted by Gasteiger charge is 2.26. The summed E-state index contributed by atoms with van der Waals surface area (Å²) in [6.45, 7) is 14.2. The van der Waals surface area contributed by atoms with Gasteiger partial charge in [0.25, 0.3) is 0 Å². The van der Waals surface area contributed by atoms with Crippen LogP contribution in [-0.4, -0.2) is 18.5 Å². The van der Waals surface area contributed by atoms with E-state index in [1.807, 2.05) is 70.2 Å². The minimum Gasteiger partial charge on any atom is -0.462 e. The van der Waals surface area contributed by atoms with E-state index in [1.165, 1.54) is 5.56 Å². The Labute approximate surface area is 209 Å². The van der Waals surface area contributed by atoms with Gasteiger partial charge >= 0.3 is 11.9 Å². The molecule has 0 N–H and O–H groups in total. The van der Waals surface area contributed by atoms with Crippen molar-refractivity contribution in [2.24, 2.45) is 0 Å². The zero-order valence-corrected chi connectivity index (χ0v) is 22.0. The third kappa shape index (κ3) is 5.48. The van der Waals surface area contributed by atoms with E-state index in [-0.39, 0.29) is 11.4 Å². The van der Waals surface area contributed by atoms with Crippen LogP contribution in [0.15, 0.2) is 54.6 Å². The van der Waals surface area contributed by atoms with Crippen molar-refractivity contribution in [3.8, 4) is 5.75 Å². The topological polar surface area (TPSA) is 52.6 Å². The second kappa shape index (κ2) is 10.9. The van der Waals surface area contributed by atoms with Crippen LogP contribution in [0.2, 0.25) is 0 Å². The maximum absolute atomic E-state index is 13.2. The third-order valence-electron chi connectivity index (χ3n) is 7.05. The van der Waals surface area contributed by atoms with Crippen molar-refractivity contribution in [3.05, 3.63) is 99.1 Å². The molecule has 0 heterocycles. The van der Waals surface area contributed by atoms with Crippen molar-refractivity contribution in [3.63, 3.8) is 0 Å². The van der Waals surface area contributed by atoms with Crippen LogP contribution >= 0.6 is 0 Å². The first-order valence-electron chi connectivity index (χ1n) is 12.2. The van der Waals surface area contributed by atoms with Crippen molar-refractivity contribution in [2.75, 3.05) is 6.61 Å². The Morgan fingerprint density at radius 2 is 1.20 bits per heavy atom. The number of ether oxygens (including phenoxy) is 2. The lowest BCUT2D eigenvalue weighted by atomic mass is 9.78. The lowest BCUT2D eigenvalue weighted by Crippen LogP contribution is -2.19. The minimum absolute atomic E-state index is 0.174. The van der Waals surface area contributed by atoms with Crippen molar-refractivity contribution in [2.45, 2.75) is 66.7 Å². The number of carbonyl (C=O) groups excluding carboxylic acids is 2. The van der Waals surface area contributed by atoms with Gasteiger partial charge in [-0.25, -0.2) is 9.59 Å². The normalized spacial score (nSPS) is 11.3. The predicted molar refractivity (Wildman–Crippen MR) is 141 cm³/mol. The highest BCUT2D eigenvalue weighted by Crippen LogP contribution is 2.33. The predicted octanol–water partition coefficient (Wildman–Crippen LogP) is 7.42. The van der Waals surface area contributed by atoms with Gasteiger partial charge in [-0.15, -0.1) is 0 Å². The van der Waals surface area contributed by atoms with Crippen molar-refractivity contribution in [1.82, 2.24) is 0 Å². The summed E-state index contributed by atoms with van der Waals surface area (Å²) in [6.07, 6.45) is 1.78. The standard InChI is InChI=1S/C31H36O4/c1-8-9-19-34-29(32)27-20(2)22(4)28(23(5)21(27)3)30(33)35-26-17-15-25(16-18-26)31(6,7)24-13-11-10-12-14-24/h10-18H,8-9,19H2,1-7H3. The van der Waals surface area contributed by atoms with Crippen LogP contribution < -0.4 is 4.74 Å². The summed E-state index contributed by atoms with van der Waals surface area (Å²) < 4.78 is 11.2. The van der Waals surface area contributed by atoms with Gasteiger partial charge in [0.2, 0.25) is 0 Å². The average molecular weight is 473 g/mol. The first-order valence-corrected chi connectivity index (χ1v) is 12.2. The second-order valence-corrected chi connectivity index (χ2v) is 9.64. The largest absolute Gasteiger partial charge is 0.462 e. The lowest BCUT2D eigenvalue weighted by Gasteiger charge is -2.26. The number of hydrogen-bond donors (Lipinski definition) is 0. The summed E-state index contributed by atoms with van der Waals surface area (Å²) in [5.74, 6) is -0.275. The molecule has 184 valence electrons. The summed E-state index contributed by atoms with van der Waals surface area (Å²) in [4.78, 5) is 25.9. The molecule has 0 atom stereocenters. The average Bonchev–Trinajstić information content (AvgIpc) is 2.84. The Bertz CT molecular complexity index is 1180. The fraction of sp³-hybridized carbons (Fsp3) is 0.355. The van der Waals surface area contributed by atoms with Gasteiger partial charge in [0.05, 0.1) is 17.7 Å². The molecule has 0 aliphatic carbocycles. The van der Waals surface area contributed by atoms with Gasteiger partial charge in [-0.05, 0) is 79.6 Å². The number of rotatable bonds is 8. The summed E-state index contributed by atoms with van der Waals surface area (Å²) in [6, 6.07) is 18.0. The highest BCUT2D eigenvalue weighted by molar-refractivity contribution is 6.00. The highest BCUT2D eigenvalue weighted by atomic mass is 16.5. The molecule has 0 aliphatic heterocycles. The van der Waals surface area contributed by atoms with Crippen molar-refractivity contribution < 1.29 is 19.1 Å². The fourth-order valence-electron chi connectivity index (χ4n) is 4.43.